The van der Waals surface area contributed by atoms with Crippen LogP contribution in [0, 0.1) is 6.92 Å². The summed E-state index contributed by atoms with van der Waals surface area (Å²) in [6, 6.07) is 13.4. The fourth-order valence-corrected chi connectivity index (χ4v) is 3.34. The molecule has 27 heavy (non-hydrogen) atoms. The minimum Gasteiger partial charge on any atom is -0.479 e. The van der Waals surface area contributed by atoms with Crippen LogP contribution in [0.25, 0.3) is 22.0 Å². The summed E-state index contributed by atoms with van der Waals surface area (Å²) in [6.07, 6.45) is 0.458. The number of hydrogen-bond donors (Lipinski definition) is 1. The first-order valence-electron chi connectivity index (χ1n) is 8.72. The Hall–Kier alpha value is -2.43. The van der Waals surface area contributed by atoms with Crippen LogP contribution in [0.1, 0.15) is 38.0 Å². The second-order valence-corrected chi connectivity index (χ2v) is 7.95. The van der Waals surface area contributed by atoms with Gasteiger partial charge in [-0.25, -0.2) is 4.79 Å². The highest BCUT2D eigenvalue weighted by atomic mass is 35.5. The minimum absolute atomic E-state index is 0.526. The van der Waals surface area contributed by atoms with Gasteiger partial charge in [-0.05, 0) is 56.2 Å². The third kappa shape index (κ3) is 4.12. The van der Waals surface area contributed by atoms with Crippen molar-refractivity contribution in [1.29, 1.82) is 0 Å². The number of nitrogens with zero attached hydrogens (tertiary/aromatic N) is 1. The van der Waals surface area contributed by atoms with E-state index in [0.29, 0.717) is 16.3 Å². The molecule has 1 heterocycles. The highest BCUT2D eigenvalue weighted by Gasteiger charge is 2.31. The molecule has 3 rings (SSSR count). The molecule has 5 heteroatoms. The SMILES string of the molecule is Cc1cc2ccccc2c(-c2ccc(Cl)cn2)c1C(OC(C)(C)C)C(=O)O. The maximum Gasteiger partial charge on any atom is 0.337 e. The summed E-state index contributed by atoms with van der Waals surface area (Å²) in [5, 5.41) is 12.4. The van der Waals surface area contributed by atoms with E-state index in [1.165, 1.54) is 0 Å². The Balaban J connectivity index is 2.37. The lowest BCUT2D eigenvalue weighted by Crippen LogP contribution is -2.28. The number of aliphatic carboxylic acids is 1. The zero-order chi connectivity index (χ0) is 19.8. The molecular weight excluding hydrogens is 362 g/mol. The number of fused-ring (bicyclic) bond motifs is 1. The Morgan fingerprint density at radius 3 is 2.48 bits per heavy atom. The highest BCUT2D eigenvalue weighted by Crippen LogP contribution is 2.39. The molecule has 3 aromatic rings. The molecule has 0 saturated carbocycles. The number of rotatable bonds is 4. The lowest BCUT2D eigenvalue weighted by atomic mass is 9.89. The molecule has 0 amide bonds. The largest absolute Gasteiger partial charge is 0.479 e. The van der Waals surface area contributed by atoms with Crippen LogP contribution in [0.3, 0.4) is 0 Å². The standard InChI is InChI=1S/C22H22ClNO3/c1-13-11-14-7-5-6-8-16(14)19(17-10-9-15(23)12-24-17)18(13)20(21(25)26)27-22(2,3)4/h5-12,20H,1-4H3,(H,25,26). The van der Waals surface area contributed by atoms with Gasteiger partial charge in [0.05, 0.1) is 16.3 Å². The summed E-state index contributed by atoms with van der Waals surface area (Å²) in [6.45, 7) is 7.45. The molecule has 1 aromatic heterocycles. The summed E-state index contributed by atoms with van der Waals surface area (Å²) in [5.74, 6) is -1.03. The molecule has 0 aliphatic carbocycles. The van der Waals surface area contributed by atoms with Gasteiger partial charge in [0.15, 0.2) is 6.10 Å². The first-order valence-corrected chi connectivity index (χ1v) is 9.10. The van der Waals surface area contributed by atoms with Crippen molar-refractivity contribution in [3.05, 3.63) is 64.8 Å². The van der Waals surface area contributed by atoms with E-state index in [0.717, 1.165) is 21.9 Å². The van der Waals surface area contributed by atoms with E-state index in [2.05, 4.69) is 4.98 Å². The molecule has 0 radical (unpaired) electrons. The predicted molar refractivity (Wildman–Crippen MR) is 108 cm³/mol. The van der Waals surface area contributed by atoms with Crippen LogP contribution < -0.4 is 0 Å². The number of carbonyl (C=O) groups is 1. The van der Waals surface area contributed by atoms with Gasteiger partial charge in [0, 0.05) is 17.3 Å². The van der Waals surface area contributed by atoms with Crippen molar-refractivity contribution in [1.82, 2.24) is 4.98 Å². The zero-order valence-electron chi connectivity index (χ0n) is 15.8. The van der Waals surface area contributed by atoms with Crippen molar-refractivity contribution in [2.75, 3.05) is 0 Å². The monoisotopic (exact) mass is 383 g/mol. The molecule has 1 atom stereocenters. The second kappa shape index (κ2) is 7.29. The van der Waals surface area contributed by atoms with Gasteiger partial charge in [0.1, 0.15) is 0 Å². The summed E-state index contributed by atoms with van der Waals surface area (Å²) in [7, 11) is 0. The van der Waals surface area contributed by atoms with Crippen LogP contribution in [0.2, 0.25) is 5.02 Å². The Labute approximate surface area is 163 Å². The average Bonchev–Trinajstić information content (AvgIpc) is 2.59. The normalized spacial score (nSPS) is 12.9. The van der Waals surface area contributed by atoms with Gasteiger partial charge in [-0.2, -0.15) is 0 Å². The summed E-state index contributed by atoms with van der Waals surface area (Å²) < 4.78 is 5.95. The molecular formula is C22H22ClNO3. The molecule has 4 nitrogen and oxygen atoms in total. The first kappa shape index (κ1) is 19.3. The van der Waals surface area contributed by atoms with Crippen molar-refractivity contribution in [3.63, 3.8) is 0 Å². The number of ether oxygens (including phenoxy) is 1. The Kier molecular flexibility index (Phi) is 5.22. The number of aromatic nitrogens is 1. The predicted octanol–water partition coefficient (Wildman–Crippen LogP) is 5.80. The van der Waals surface area contributed by atoms with Crippen LogP contribution in [-0.4, -0.2) is 21.7 Å². The summed E-state index contributed by atoms with van der Waals surface area (Å²) in [5.41, 5.74) is 2.27. The fraction of sp³-hybridized carbons (Fsp3) is 0.273. The van der Waals surface area contributed by atoms with Crippen molar-refractivity contribution < 1.29 is 14.6 Å². The van der Waals surface area contributed by atoms with E-state index < -0.39 is 17.7 Å². The van der Waals surface area contributed by atoms with Crippen LogP contribution >= 0.6 is 11.6 Å². The number of aryl methyl sites for hydroxylation is 1. The van der Waals surface area contributed by atoms with Gasteiger partial charge in [0.2, 0.25) is 0 Å². The zero-order valence-corrected chi connectivity index (χ0v) is 16.5. The number of halogens is 1. The Morgan fingerprint density at radius 2 is 1.89 bits per heavy atom. The minimum atomic E-state index is -1.11. The molecule has 1 unspecified atom stereocenters. The van der Waals surface area contributed by atoms with E-state index in [1.807, 2.05) is 64.1 Å². The molecule has 0 aliphatic rings. The topological polar surface area (TPSA) is 59.4 Å². The molecule has 0 spiro atoms. The number of benzene rings is 2. The van der Waals surface area contributed by atoms with Crippen LogP contribution in [0.15, 0.2) is 48.7 Å². The molecule has 1 N–H and O–H groups in total. The van der Waals surface area contributed by atoms with Crippen LogP contribution in [0.5, 0.6) is 0 Å². The molecule has 0 bridgehead atoms. The smallest absolute Gasteiger partial charge is 0.337 e. The van der Waals surface area contributed by atoms with Gasteiger partial charge < -0.3 is 9.84 Å². The Morgan fingerprint density at radius 1 is 1.19 bits per heavy atom. The molecule has 2 aromatic carbocycles. The van der Waals surface area contributed by atoms with E-state index in [1.54, 1.807) is 12.3 Å². The van der Waals surface area contributed by atoms with Crippen molar-refractivity contribution >= 4 is 28.3 Å². The molecule has 0 aliphatic heterocycles. The van der Waals surface area contributed by atoms with Crippen LogP contribution in [-0.2, 0) is 9.53 Å². The lowest BCUT2D eigenvalue weighted by Gasteiger charge is -2.28. The number of carboxylic acids is 1. The number of pyridine rings is 1. The van der Waals surface area contributed by atoms with E-state index in [-0.39, 0.29) is 0 Å². The van der Waals surface area contributed by atoms with Crippen LogP contribution in [0.4, 0.5) is 0 Å². The van der Waals surface area contributed by atoms with Gasteiger partial charge in [0.25, 0.3) is 0 Å². The average molecular weight is 384 g/mol. The van der Waals surface area contributed by atoms with Gasteiger partial charge in [-0.1, -0.05) is 41.9 Å². The highest BCUT2D eigenvalue weighted by molar-refractivity contribution is 6.30. The fourth-order valence-electron chi connectivity index (χ4n) is 3.23. The molecule has 0 fully saturated rings. The van der Waals surface area contributed by atoms with Crippen molar-refractivity contribution in [3.8, 4) is 11.3 Å². The maximum atomic E-state index is 12.1. The summed E-state index contributed by atoms with van der Waals surface area (Å²) >= 11 is 6.01. The number of carboxylic acid groups (broad SMARTS) is 1. The van der Waals surface area contributed by atoms with E-state index in [9.17, 15) is 9.90 Å². The lowest BCUT2D eigenvalue weighted by molar-refractivity contribution is -0.160. The van der Waals surface area contributed by atoms with Crippen molar-refractivity contribution in [2.45, 2.75) is 39.4 Å². The first-order chi connectivity index (χ1) is 12.7. The molecule has 140 valence electrons. The quantitative estimate of drug-likeness (QED) is 0.618. The van der Waals surface area contributed by atoms with Crippen molar-refractivity contribution in [2.24, 2.45) is 0 Å². The van der Waals surface area contributed by atoms with Gasteiger partial charge >= 0.3 is 5.97 Å². The van der Waals surface area contributed by atoms with Gasteiger partial charge in [-0.15, -0.1) is 0 Å². The van der Waals surface area contributed by atoms with Gasteiger partial charge in [-0.3, -0.25) is 4.98 Å². The van der Waals surface area contributed by atoms with E-state index >= 15 is 0 Å². The van der Waals surface area contributed by atoms with E-state index in [4.69, 9.17) is 16.3 Å². The number of hydrogen-bond acceptors (Lipinski definition) is 3. The summed E-state index contributed by atoms with van der Waals surface area (Å²) in [4.78, 5) is 16.6. The third-order valence-corrected chi connectivity index (χ3v) is 4.46. The third-order valence-electron chi connectivity index (χ3n) is 4.24. The Bertz CT molecular complexity index is 991. The molecule has 0 saturated heterocycles. The maximum absolute atomic E-state index is 12.1. The second-order valence-electron chi connectivity index (χ2n) is 7.51.